The third-order valence-electron chi connectivity index (χ3n) is 3.89. The fraction of sp³-hybridized carbons (Fsp3) is 0.733. The highest BCUT2D eigenvalue weighted by atomic mass is 32.2. The molecule has 23 heavy (non-hydrogen) atoms. The minimum absolute atomic E-state index is 0.246. The molecule has 0 saturated heterocycles. The predicted molar refractivity (Wildman–Crippen MR) is 90.0 cm³/mol. The van der Waals surface area contributed by atoms with E-state index in [1.165, 1.54) is 21.3 Å². The normalized spacial score (nSPS) is 13.0. The van der Waals surface area contributed by atoms with Gasteiger partial charge < -0.3 is 10.0 Å². The number of hydrogen-bond acceptors (Lipinski definition) is 5. The van der Waals surface area contributed by atoms with Gasteiger partial charge in [-0.15, -0.1) is 5.10 Å². The molecule has 1 aromatic rings. The third-order valence-corrected chi connectivity index (χ3v) is 4.98. The third kappa shape index (κ3) is 4.70. The Morgan fingerprint density at radius 3 is 2.39 bits per heavy atom. The number of carbonyl (C=O) groups excluding carboxylic acids is 1. The number of carbonyl (C=O) groups is 2. The van der Waals surface area contributed by atoms with Gasteiger partial charge in [0, 0.05) is 25.3 Å². The molecule has 1 N–H and O–H groups in total. The molecule has 8 heteroatoms. The fourth-order valence-electron chi connectivity index (χ4n) is 1.69. The smallest absolute Gasteiger partial charge is 0.346 e. The van der Waals surface area contributed by atoms with Crippen LogP contribution in [0.5, 0.6) is 0 Å². The van der Waals surface area contributed by atoms with Gasteiger partial charge in [0.2, 0.25) is 0 Å². The Morgan fingerprint density at radius 2 is 1.96 bits per heavy atom. The first kappa shape index (κ1) is 19.5. The van der Waals surface area contributed by atoms with Crippen LogP contribution in [-0.4, -0.2) is 56.6 Å². The monoisotopic (exact) mass is 342 g/mol. The van der Waals surface area contributed by atoms with Crippen molar-refractivity contribution in [2.75, 3.05) is 19.8 Å². The summed E-state index contributed by atoms with van der Waals surface area (Å²) in [5, 5.41) is 14.0. The lowest BCUT2D eigenvalue weighted by Gasteiger charge is -2.17. The van der Waals surface area contributed by atoms with E-state index >= 15 is 0 Å². The molecule has 0 aliphatic rings. The minimum atomic E-state index is -0.834. The molecule has 0 aliphatic carbocycles. The average Bonchev–Trinajstić information content (AvgIpc) is 2.91. The highest BCUT2D eigenvalue weighted by molar-refractivity contribution is 7.99. The summed E-state index contributed by atoms with van der Waals surface area (Å²) in [5.74, 6) is -0.348. The number of carboxylic acids is 1. The number of amides is 1. The Labute approximate surface area is 141 Å². The summed E-state index contributed by atoms with van der Waals surface area (Å²) in [6, 6.07) is -0.290. The van der Waals surface area contributed by atoms with Crippen LogP contribution in [0.2, 0.25) is 0 Å². The summed E-state index contributed by atoms with van der Waals surface area (Å²) in [4.78, 5) is 29.4. The van der Waals surface area contributed by atoms with E-state index in [-0.39, 0.29) is 11.4 Å². The molecule has 1 atom stereocenters. The minimum Gasteiger partial charge on any atom is -0.481 e. The van der Waals surface area contributed by atoms with Crippen LogP contribution in [0.3, 0.4) is 0 Å². The molecule has 1 heterocycles. The maximum absolute atomic E-state index is 12.3. The van der Waals surface area contributed by atoms with E-state index in [2.05, 4.69) is 10.1 Å². The largest absolute Gasteiger partial charge is 0.481 e. The number of rotatable bonds is 7. The Kier molecular flexibility index (Phi) is 6.61. The second-order valence-electron chi connectivity index (χ2n) is 6.30. The first-order valence-electron chi connectivity index (χ1n) is 7.68. The number of hydrogen-bond donors (Lipinski definition) is 1. The summed E-state index contributed by atoms with van der Waals surface area (Å²) in [6.45, 7) is 7.92. The second-order valence-corrected chi connectivity index (χ2v) is 7.29. The zero-order chi connectivity index (χ0) is 17.8. The molecule has 1 aromatic heterocycles. The quantitative estimate of drug-likeness (QED) is 0.767. The number of nitrogens with zero attached hydrogens (tertiary/aromatic N) is 4. The first-order valence-corrected chi connectivity index (χ1v) is 8.67. The highest BCUT2D eigenvalue weighted by Crippen LogP contribution is 2.28. The van der Waals surface area contributed by atoms with Crippen molar-refractivity contribution >= 4 is 23.8 Å². The Morgan fingerprint density at radius 1 is 1.35 bits per heavy atom. The summed E-state index contributed by atoms with van der Waals surface area (Å²) in [7, 11) is 3.30. The van der Waals surface area contributed by atoms with Gasteiger partial charge in [-0.1, -0.05) is 39.5 Å². The molecule has 1 rings (SSSR count). The Balaban J connectivity index is 3.13. The summed E-state index contributed by atoms with van der Waals surface area (Å²) >= 11 is 1.26. The van der Waals surface area contributed by atoms with Gasteiger partial charge in [0.05, 0.1) is 5.92 Å². The van der Waals surface area contributed by atoms with Crippen LogP contribution in [-0.2, 0) is 10.2 Å². The van der Waals surface area contributed by atoms with Gasteiger partial charge in [0.15, 0.2) is 11.0 Å². The van der Waals surface area contributed by atoms with Gasteiger partial charge in [0.1, 0.15) is 0 Å². The van der Waals surface area contributed by atoms with Gasteiger partial charge in [-0.25, -0.2) is 9.78 Å². The van der Waals surface area contributed by atoms with Crippen LogP contribution in [0.4, 0.5) is 4.79 Å². The van der Waals surface area contributed by atoms with Crippen LogP contribution >= 0.6 is 11.8 Å². The van der Waals surface area contributed by atoms with Gasteiger partial charge in [-0.2, -0.15) is 4.68 Å². The Bertz CT molecular complexity index is 569. The Hall–Kier alpha value is -1.57. The number of carboxylic acid groups (broad SMARTS) is 1. The lowest BCUT2D eigenvalue weighted by Crippen LogP contribution is -2.29. The number of aromatic nitrogens is 3. The van der Waals surface area contributed by atoms with Crippen LogP contribution in [0.25, 0.3) is 0 Å². The van der Waals surface area contributed by atoms with E-state index in [1.54, 1.807) is 14.1 Å². The predicted octanol–water partition coefficient (Wildman–Crippen LogP) is 2.70. The van der Waals surface area contributed by atoms with E-state index in [4.69, 9.17) is 5.11 Å². The molecule has 1 amide bonds. The molecule has 1 unspecified atom stereocenters. The molecule has 130 valence electrons. The van der Waals surface area contributed by atoms with Crippen molar-refractivity contribution in [3.8, 4) is 0 Å². The maximum atomic E-state index is 12.3. The summed E-state index contributed by atoms with van der Waals surface area (Å²) in [6.07, 6.45) is 1.37. The van der Waals surface area contributed by atoms with Gasteiger partial charge in [-0.05, 0) is 12.8 Å². The van der Waals surface area contributed by atoms with E-state index in [9.17, 15) is 9.59 Å². The zero-order valence-electron chi connectivity index (χ0n) is 14.7. The highest BCUT2D eigenvalue weighted by Gasteiger charge is 2.28. The van der Waals surface area contributed by atoms with Crippen molar-refractivity contribution in [3.63, 3.8) is 0 Å². The molecule has 0 aliphatic heterocycles. The molecule has 0 fully saturated rings. The lowest BCUT2D eigenvalue weighted by molar-refractivity contribution is -0.140. The second kappa shape index (κ2) is 7.81. The number of thioether (sulfide) groups is 1. The van der Waals surface area contributed by atoms with Gasteiger partial charge in [0.25, 0.3) is 0 Å². The van der Waals surface area contributed by atoms with Crippen molar-refractivity contribution in [2.24, 2.45) is 5.92 Å². The van der Waals surface area contributed by atoms with Crippen LogP contribution in [0.15, 0.2) is 5.16 Å². The molecule has 7 nitrogen and oxygen atoms in total. The van der Waals surface area contributed by atoms with Gasteiger partial charge in [-0.3, -0.25) is 4.79 Å². The van der Waals surface area contributed by atoms with E-state index < -0.39 is 11.9 Å². The molecular formula is C15H26N4O3S. The van der Waals surface area contributed by atoms with E-state index in [1.807, 2.05) is 27.7 Å². The van der Waals surface area contributed by atoms with E-state index in [0.717, 1.165) is 6.42 Å². The summed E-state index contributed by atoms with van der Waals surface area (Å²) < 4.78 is 1.27. The van der Waals surface area contributed by atoms with Crippen molar-refractivity contribution in [1.82, 2.24) is 19.7 Å². The van der Waals surface area contributed by atoms with Crippen molar-refractivity contribution in [2.45, 2.75) is 51.1 Å². The lowest BCUT2D eigenvalue weighted by atomic mass is 9.90. The molecule has 0 spiro atoms. The molecule has 0 saturated carbocycles. The van der Waals surface area contributed by atoms with E-state index in [0.29, 0.717) is 23.2 Å². The average molecular weight is 342 g/mol. The van der Waals surface area contributed by atoms with Gasteiger partial charge >= 0.3 is 12.0 Å². The number of aliphatic carboxylic acids is 1. The van der Waals surface area contributed by atoms with Crippen molar-refractivity contribution in [1.29, 1.82) is 0 Å². The van der Waals surface area contributed by atoms with Crippen LogP contribution in [0, 0.1) is 5.92 Å². The SMILES string of the molecule is CCC(CSc1nc(C(C)(C)CC)nn1C(=O)N(C)C)C(=O)O. The molecule has 0 radical (unpaired) electrons. The van der Waals surface area contributed by atoms with Crippen molar-refractivity contribution in [3.05, 3.63) is 5.82 Å². The fourth-order valence-corrected chi connectivity index (χ4v) is 2.81. The molecular weight excluding hydrogens is 316 g/mol. The zero-order valence-corrected chi connectivity index (χ0v) is 15.5. The first-order chi connectivity index (χ1) is 10.6. The molecule has 0 bridgehead atoms. The van der Waals surface area contributed by atoms with Crippen LogP contribution < -0.4 is 0 Å². The standard InChI is InChI=1S/C15H26N4O3S/c1-7-10(11(20)21)9-23-13-16-12(15(3,4)8-2)17-19(13)14(22)18(5)6/h10H,7-9H2,1-6H3,(H,20,21). The van der Waals surface area contributed by atoms with Crippen molar-refractivity contribution < 1.29 is 14.7 Å². The maximum Gasteiger partial charge on any atom is 0.346 e. The summed E-state index contributed by atoms with van der Waals surface area (Å²) in [5.41, 5.74) is -0.246. The topological polar surface area (TPSA) is 88.3 Å². The molecule has 0 aromatic carbocycles. The van der Waals surface area contributed by atoms with Crippen LogP contribution in [0.1, 0.15) is 46.4 Å².